The van der Waals surface area contributed by atoms with Gasteiger partial charge < -0.3 is 24.3 Å². The Morgan fingerprint density at radius 3 is 2.48 bits per heavy atom. The van der Waals surface area contributed by atoms with Gasteiger partial charge in [-0.2, -0.15) is 0 Å². The predicted octanol–water partition coefficient (Wildman–Crippen LogP) is 3.56. The van der Waals surface area contributed by atoms with Gasteiger partial charge in [0.05, 0.1) is 18.8 Å². The number of benzene rings is 1. The number of hydrogen-bond donors (Lipinski definition) is 1. The number of amides is 1. The summed E-state index contributed by atoms with van der Waals surface area (Å²) in [5.41, 5.74) is 4.41. The summed E-state index contributed by atoms with van der Waals surface area (Å²) >= 11 is 0. The minimum absolute atomic E-state index is 0.0333. The van der Waals surface area contributed by atoms with Crippen LogP contribution in [0, 0.1) is 6.92 Å². The third-order valence-corrected chi connectivity index (χ3v) is 5.85. The van der Waals surface area contributed by atoms with Gasteiger partial charge in [0, 0.05) is 45.2 Å². The number of aryl methyl sites for hydroxylation is 1. The highest BCUT2D eigenvalue weighted by atomic mass is 16.5. The number of methoxy groups -OCH3 is 1. The molecule has 1 aromatic heterocycles. The van der Waals surface area contributed by atoms with E-state index in [2.05, 4.69) is 17.1 Å². The lowest BCUT2D eigenvalue weighted by atomic mass is 10.1. The van der Waals surface area contributed by atoms with Gasteiger partial charge in [0.15, 0.2) is 0 Å². The maximum Gasteiger partial charge on any atom is 0.339 e. The zero-order valence-corrected chi connectivity index (χ0v) is 19.2. The number of carbonyl (C=O) groups excluding carboxylic acids is 2. The molecule has 1 atom stereocenters. The summed E-state index contributed by atoms with van der Waals surface area (Å²) in [5, 5.41) is 0. The molecule has 0 bridgehead atoms. The minimum atomic E-state index is -0.422. The summed E-state index contributed by atoms with van der Waals surface area (Å²) in [7, 11) is 5.36. The summed E-state index contributed by atoms with van der Waals surface area (Å²) < 4.78 is 10.7. The number of aromatic amines is 1. The molecule has 1 aliphatic rings. The van der Waals surface area contributed by atoms with Gasteiger partial charge in [0.25, 0.3) is 5.91 Å². The maximum absolute atomic E-state index is 13.6. The van der Waals surface area contributed by atoms with Crippen LogP contribution in [0.5, 0.6) is 0 Å². The van der Waals surface area contributed by atoms with Crippen LogP contribution in [0.25, 0.3) is 0 Å². The fraction of sp³-hybridized carbons (Fsp3) is 0.500. The molecule has 1 unspecified atom stereocenters. The fourth-order valence-corrected chi connectivity index (χ4v) is 4.05. The zero-order valence-electron chi connectivity index (χ0n) is 19.2. The van der Waals surface area contributed by atoms with Gasteiger partial charge in [-0.3, -0.25) is 4.79 Å². The van der Waals surface area contributed by atoms with Crippen molar-refractivity contribution in [3.8, 4) is 0 Å². The second kappa shape index (κ2) is 10.0. The number of ether oxygens (including phenoxy) is 2. The molecule has 1 fully saturated rings. The molecule has 3 rings (SSSR count). The van der Waals surface area contributed by atoms with E-state index in [1.807, 2.05) is 43.0 Å². The van der Waals surface area contributed by atoms with Crippen molar-refractivity contribution < 1.29 is 19.1 Å². The topological polar surface area (TPSA) is 74.9 Å². The minimum Gasteiger partial charge on any atom is -0.465 e. The van der Waals surface area contributed by atoms with Crippen LogP contribution < -0.4 is 4.90 Å². The Bertz CT molecular complexity index is 912. The Balaban J connectivity index is 1.90. The number of aromatic nitrogens is 1. The van der Waals surface area contributed by atoms with E-state index >= 15 is 0 Å². The Kier molecular flexibility index (Phi) is 7.38. The quantitative estimate of drug-likeness (QED) is 0.652. The number of nitrogens with zero attached hydrogens (tertiary/aromatic N) is 2. The number of esters is 1. The highest BCUT2D eigenvalue weighted by molar-refractivity contribution is 6.00. The Labute approximate surface area is 184 Å². The van der Waals surface area contributed by atoms with Crippen LogP contribution in [0.2, 0.25) is 0 Å². The molecule has 7 nitrogen and oxygen atoms in total. The summed E-state index contributed by atoms with van der Waals surface area (Å²) in [6, 6.07) is 8.19. The lowest BCUT2D eigenvalue weighted by Crippen LogP contribution is -2.37. The molecule has 0 aliphatic carbocycles. The first-order valence-electron chi connectivity index (χ1n) is 10.8. The van der Waals surface area contributed by atoms with E-state index in [1.165, 1.54) is 7.11 Å². The lowest BCUT2D eigenvalue weighted by Gasteiger charge is -2.26. The highest BCUT2D eigenvalue weighted by Crippen LogP contribution is 2.24. The SMILES string of the molecule is CCc1[nH]c(C(=O)N(Cc2ccc(N(C)C)cc2)CC2CCCO2)c(C)c1C(=O)OC. The van der Waals surface area contributed by atoms with E-state index in [-0.39, 0.29) is 12.0 Å². The summed E-state index contributed by atoms with van der Waals surface area (Å²) in [6.07, 6.45) is 2.60. The van der Waals surface area contributed by atoms with Crippen molar-refractivity contribution in [2.75, 3.05) is 39.3 Å². The molecular weight excluding hydrogens is 394 g/mol. The van der Waals surface area contributed by atoms with Gasteiger partial charge in [-0.1, -0.05) is 19.1 Å². The first-order valence-corrected chi connectivity index (χ1v) is 10.8. The molecule has 0 saturated carbocycles. The molecule has 1 N–H and O–H groups in total. The van der Waals surface area contributed by atoms with Crippen LogP contribution >= 0.6 is 0 Å². The van der Waals surface area contributed by atoms with Gasteiger partial charge in [0.1, 0.15) is 5.69 Å². The molecule has 0 spiro atoms. The third kappa shape index (κ3) is 5.10. The van der Waals surface area contributed by atoms with Crippen molar-refractivity contribution in [2.45, 2.75) is 45.8 Å². The van der Waals surface area contributed by atoms with Gasteiger partial charge >= 0.3 is 5.97 Å². The normalized spacial score (nSPS) is 15.7. The average Bonchev–Trinajstić information content (AvgIpc) is 3.40. The standard InChI is InChI=1S/C24H33N3O4/c1-6-20-21(24(29)30-5)16(2)22(25-20)23(28)27(15-19-8-7-13-31-19)14-17-9-11-18(12-10-17)26(3)4/h9-12,19,25H,6-8,13-15H2,1-5H3. The first-order chi connectivity index (χ1) is 14.8. The Morgan fingerprint density at radius 1 is 1.23 bits per heavy atom. The van der Waals surface area contributed by atoms with E-state index in [4.69, 9.17) is 9.47 Å². The molecule has 1 amide bonds. The van der Waals surface area contributed by atoms with Crippen molar-refractivity contribution in [2.24, 2.45) is 0 Å². The Morgan fingerprint density at radius 2 is 1.94 bits per heavy atom. The summed E-state index contributed by atoms with van der Waals surface area (Å²) in [6.45, 7) is 5.47. The van der Waals surface area contributed by atoms with Crippen LogP contribution in [0.1, 0.15) is 57.4 Å². The van der Waals surface area contributed by atoms with E-state index in [0.717, 1.165) is 36.4 Å². The maximum atomic E-state index is 13.6. The molecule has 7 heteroatoms. The smallest absolute Gasteiger partial charge is 0.339 e. The van der Waals surface area contributed by atoms with Crippen LogP contribution in [0.3, 0.4) is 0 Å². The molecule has 1 aliphatic heterocycles. The number of anilines is 1. The van der Waals surface area contributed by atoms with Crippen LogP contribution in [-0.2, 0) is 22.4 Å². The van der Waals surface area contributed by atoms with E-state index in [9.17, 15) is 9.59 Å². The van der Waals surface area contributed by atoms with E-state index in [0.29, 0.717) is 36.3 Å². The highest BCUT2D eigenvalue weighted by Gasteiger charge is 2.29. The second-order valence-electron chi connectivity index (χ2n) is 8.21. The molecule has 0 radical (unpaired) electrons. The molecule has 31 heavy (non-hydrogen) atoms. The van der Waals surface area contributed by atoms with Crippen LogP contribution in [-0.4, -0.2) is 62.2 Å². The number of hydrogen-bond acceptors (Lipinski definition) is 5. The number of carbonyl (C=O) groups is 2. The van der Waals surface area contributed by atoms with Crippen LogP contribution in [0.15, 0.2) is 24.3 Å². The van der Waals surface area contributed by atoms with Crippen molar-refractivity contribution in [1.29, 1.82) is 0 Å². The molecule has 168 valence electrons. The molecule has 2 heterocycles. The van der Waals surface area contributed by atoms with Gasteiger partial charge in [-0.15, -0.1) is 0 Å². The van der Waals surface area contributed by atoms with Crippen LogP contribution in [0.4, 0.5) is 5.69 Å². The van der Waals surface area contributed by atoms with Gasteiger partial charge in [-0.25, -0.2) is 4.79 Å². The summed E-state index contributed by atoms with van der Waals surface area (Å²) in [5.74, 6) is -0.552. The van der Waals surface area contributed by atoms with E-state index in [1.54, 1.807) is 6.92 Å². The average molecular weight is 428 g/mol. The number of nitrogens with one attached hydrogen (secondary N) is 1. The predicted molar refractivity (Wildman–Crippen MR) is 121 cm³/mol. The first kappa shape index (κ1) is 22.9. The number of rotatable bonds is 8. The third-order valence-electron chi connectivity index (χ3n) is 5.85. The second-order valence-corrected chi connectivity index (χ2v) is 8.21. The van der Waals surface area contributed by atoms with E-state index < -0.39 is 5.97 Å². The van der Waals surface area contributed by atoms with Crippen molar-refractivity contribution >= 4 is 17.6 Å². The zero-order chi connectivity index (χ0) is 22.5. The van der Waals surface area contributed by atoms with Crippen molar-refractivity contribution in [3.63, 3.8) is 0 Å². The van der Waals surface area contributed by atoms with Gasteiger partial charge in [0.2, 0.25) is 0 Å². The molecule has 1 aromatic carbocycles. The number of H-pyrrole nitrogens is 1. The molecule has 2 aromatic rings. The van der Waals surface area contributed by atoms with Crippen molar-refractivity contribution in [3.05, 3.63) is 52.3 Å². The van der Waals surface area contributed by atoms with Gasteiger partial charge in [-0.05, 0) is 49.4 Å². The molecule has 1 saturated heterocycles. The molecular formula is C24H33N3O4. The largest absolute Gasteiger partial charge is 0.465 e. The fourth-order valence-electron chi connectivity index (χ4n) is 4.05. The summed E-state index contributed by atoms with van der Waals surface area (Å²) in [4.78, 5) is 32.9. The monoisotopic (exact) mass is 427 g/mol. The Hall–Kier alpha value is -2.80. The lowest BCUT2D eigenvalue weighted by molar-refractivity contribution is 0.0502. The van der Waals surface area contributed by atoms with Crippen molar-refractivity contribution in [1.82, 2.24) is 9.88 Å².